The number of benzene rings is 1. The van der Waals surface area contributed by atoms with Crippen molar-refractivity contribution in [2.45, 2.75) is 12.3 Å². The number of sulfonamides is 1. The van der Waals surface area contributed by atoms with Crippen molar-refractivity contribution in [3.8, 4) is 5.75 Å². The number of para-hydroxylation sites is 1. The number of fused-ring (bicyclic) bond motifs is 1. The molecule has 0 amide bonds. The van der Waals surface area contributed by atoms with Crippen molar-refractivity contribution < 1.29 is 13.2 Å². The Hall–Kier alpha value is -1.76. The van der Waals surface area contributed by atoms with E-state index in [0.717, 1.165) is 37.2 Å². The van der Waals surface area contributed by atoms with Gasteiger partial charge in [0.15, 0.2) is 0 Å². The largest absolute Gasteiger partial charge is 0.491 e. The van der Waals surface area contributed by atoms with Crippen molar-refractivity contribution in [1.29, 1.82) is 0 Å². The highest BCUT2D eigenvalue weighted by Crippen LogP contribution is 2.40. The van der Waals surface area contributed by atoms with Crippen LogP contribution < -0.4 is 14.8 Å². The number of anilines is 1. The van der Waals surface area contributed by atoms with Crippen LogP contribution in [0.4, 0.5) is 5.69 Å². The van der Waals surface area contributed by atoms with Crippen LogP contribution in [0.15, 0.2) is 23.2 Å². The molecule has 3 rings (SSSR count). The van der Waals surface area contributed by atoms with E-state index in [1.165, 1.54) is 0 Å². The van der Waals surface area contributed by atoms with E-state index in [1.54, 1.807) is 6.07 Å². The summed E-state index contributed by atoms with van der Waals surface area (Å²) in [5, 5.41) is 3.29. The minimum atomic E-state index is -3.32. The second kappa shape index (κ2) is 4.97. The molecule has 0 bridgehead atoms. The van der Waals surface area contributed by atoms with Crippen LogP contribution in [0.25, 0.3) is 0 Å². The molecule has 0 radical (unpaired) electrons. The number of aliphatic imine (C=N–C) groups is 1. The molecule has 1 unspecified atom stereocenters. The SMILES string of the molecule is CS(=O)(=O)Nc1cccc2c1OCCC2C1=NCCN1. The summed E-state index contributed by atoms with van der Waals surface area (Å²) >= 11 is 0. The van der Waals surface area contributed by atoms with Gasteiger partial charge in [-0.3, -0.25) is 9.71 Å². The topological polar surface area (TPSA) is 79.8 Å². The molecule has 0 aliphatic carbocycles. The van der Waals surface area contributed by atoms with Gasteiger partial charge in [0.1, 0.15) is 11.6 Å². The van der Waals surface area contributed by atoms with Crippen molar-refractivity contribution in [3.05, 3.63) is 23.8 Å². The van der Waals surface area contributed by atoms with Crippen molar-refractivity contribution in [2.24, 2.45) is 4.99 Å². The van der Waals surface area contributed by atoms with Gasteiger partial charge in [-0.2, -0.15) is 0 Å². The monoisotopic (exact) mass is 295 g/mol. The lowest BCUT2D eigenvalue weighted by Crippen LogP contribution is -2.30. The summed E-state index contributed by atoms with van der Waals surface area (Å²) < 4.78 is 31.0. The predicted octanol–water partition coefficient (Wildman–Crippen LogP) is 0.926. The maximum absolute atomic E-state index is 11.4. The fourth-order valence-corrected chi connectivity index (χ4v) is 3.20. The van der Waals surface area contributed by atoms with Crippen LogP contribution in [0.2, 0.25) is 0 Å². The third kappa shape index (κ3) is 2.58. The number of nitrogens with zero attached hydrogens (tertiary/aromatic N) is 1. The van der Waals surface area contributed by atoms with E-state index < -0.39 is 10.0 Å². The predicted molar refractivity (Wildman–Crippen MR) is 78.1 cm³/mol. The number of nitrogens with one attached hydrogen (secondary N) is 2. The molecule has 6 nitrogen and oxygen atoms in total. The molecule has 0 fully saturated rings. The highest BCUT2D eigenvalue weighted by Gasteiger charge is 2.29. The summed E-state index contributed by atoms with van der Waals surface area (Å²) in [7, 11) is -3.32. The van der Waals surface area contributed by atoms with Crippen LogP contribution in [0.5, 0.6) is 5.75 Å². The van der Waals surface area contributed by atoms with Crippen LogP contribution in [0.3, 0.4) is 0 Å². The third-order valence-electron chi connectivity index (χ3n) is 3.40. The van der Waals surface area contributed by atoms with Gasteiger partial charge >= 0.3 is 0 Å². The van der Waals surface area contributed by atoms with E-state index in [-0.39, 0.29) is 5.92 Å². The maximum Gasteiger partial charge on any atom is 0.229 e. The van der Waals surface area contributed by atoms with Crippen LogP contribution >= 0.6 is 0 Å². The lowest BCUT2D eigenvalue weighted by Gasteiger charge is -2.27. The van der Waals surface area contributed by atoms with Crippen LogP contribution in [0.1, 0.15) is 17.9 Å². The van der Waals surface area contributed by atoms with Gasteiger partial charge in [-0.05, 0) is 12.5 Å². The molecule has 7 heteroatoms. The van der Waals surface area contributed by atoms with Gasteiger partial charge in [0.05, 0.1) is 25.1 Å². The van der Waals surface area contributed by atoms with E-state index in [0.29, 0.717) is 18.0 Å². The number of ether oxygens (including phenoxy) is 1. The second-order valence-electron chi connectivity index (χ2n) is 4.98. The summed E-state index contributed by atoms with van der Waals surface area (Å²) in [4.78, 5) is 4.47. The molecule has 1 atom stereocenters. The standard InChI is InChI=1S/C13H17N3O3S/c1-20(17,18)16-11-4-2-3-9-10(5-8-19-12(9)11)13-14-6-7-15-13/h2-4,10,16H,5-8H2,1H3,(H,14,15). The normalized spacial score (nSPS) is 21.4. The highest BCUT2D eigenvalue weighted by molar-refractivity contribution is 7.92. The zero-order valence-corrected chi connectivity index (χ0v) is 12.0. The second-order valence-corrected chi connectivity index (χ2v) is 6.73. The Morgan fingerprint density at radius 2 is 2.30 bits per heavy atom. The fourth-order valence-electron chi connectivity index (χ4n) is 2.64. The number of hydrogen-bond donors (Lipinski definition) is 2. The summed E-state index contributed by atoms with van der Waals surface area (Å²) in [5.74, 6) is 1.75. The smallest absolute Gasteiger partial charge is 0.229 e. The van der Waals surface area contributed by atoms with Crippen LogP contribution in [-0.4, -0.2) is 40.2 Å². The molecular formula is C13H17N3O3S. The van der Waals surface area contributed by atoms with Crippen molar-refractivity contribution >= 4 is 21.5 Å². The molecule has 0 saturated carbocycles. The molecule has 2 aliphatic heterocycles. The van der Waals surface area contributed by atoms with Gasteiger partial charge in [-0.15, -0.1) is 0 Å². The zero-order valence-electron chi connectivity index (χ0n) is 11.2. The first-order valence-electron chi connectivity index (χ1n) is 6.56. The Kier molecular flexibility index (Phi) is 3.29. The van der Waals surface area contributed by atoms with Crippen molar-refractivity contribution in [2.75, 3.05) is 30.7 Å². The first kappa shape index (κ1) is 13.2. The van der Waals surface area contributed by atoms with Gasteiger partial charge in [-0.25, -0.2) is 8.42 Å². The average molecular weight is 295 g/mol. The molecule has 0 saturated heterocycles. The first-order valence-corrected chi connectivity index (χ1v) is 8.45. The van der Waals surface area contributed by atoms with E-state index in [9.17, 15) is 8.42 Å². The molecule has 108 valence electrons. The Balaban J connectivity index is 2.00. The molecule has 2 aliphatic rings. The third-order valence-corrected chi connectivity index (χ3v) is 3.99. The zero-order chi connectivity index (χ0) is 14.2. The first-order chi connectivity index (χ1) is 9.54. The number of rotatable bonds is 3. The summed E-state index contributed by atoms with van der Waals surface area (Å²) in [6, 6.07) is 5.52. The molecule has 0 aromatic heterocycles. The molecule has 20 heavy (non-hydrogen) atoms. The highest BCUT2D eigenvalue weighted by atomic mass is 32.2. The Bertz CT molecular complexity index is 655. The van der Waals surface area contributed by atoms with Crippen molar-refractivity contribution in [3.63, 3.8) is 0 Å². The van der Waals surface area contributed by atoms with Gasteiger partial charge < -0.3 is 10.1 Å². The molecule has 1 aromatic rings. The maximum atomic E-state index is 11.4. The molecule has 2 heterocycles. The fraction of sp³-hybridized carbons (Fsp3) is 0.462. The Morgan fingerprint density at radius 3 is 3.00 bits per heavy atom. The van der Waals surface area contributed by atoms with E-state index in [4.69, 9.17) is 4.74 Å². The minimum Gasteiger partial charge on any atom is -0.491 e. The van der Waals surface area contributed by atoms with Gasteiger partial charge in [0, 0.05) is 18.0 Å². The Labute approximate surface area is 118 Å². The quantitative estimate of drug-likeness (QED) is 0.869. The molecule has 1 aromatic carbocycles. The molecular weight excluding hydrogens is 278 g/mol. The lowest BCUT2D eigenvalue weighted by atomic mass is 9.91. The number of hydrogen-bond acceptors (Lipinski definition) is 5. The molecule has 0 spiro atoms. The molecule has 2 N–H and O–H groups in total. The summed E-state index contributed by atoms with van der Waals surface area (Å²) in [6.07, 6.45) is 1.98. The number of amidine groups is 1. The van der Waals surface area contributed by atoms with Gasteiger partial charge in [0.2, 0.25) is 10.0 Å². The van der Waals surface area contributed by atoms with Crippen molar-refractivity contribution in [1.82, 2.24) is 5.32 Å². The van der Waals surface area contributed by atoms with E-state index >= 15 is 0 Å². The van der Waals surface area contributed by atoms with E-state index in [1.807, 2.05) is 12.1 Å². The van der Waals surface area contributed by atoms with Crippen LogP contribution in [0, 0.1) is 0 Å². The van der Waals surface area contributed by atoms with Crippen LogP contribution in [-0.2, 0) is 10.0 Å². The minimum absolute atomic E-state index is 0.155. The lowest BCUT2D eigenvalue weighted by molar-refractivity contribution is 0.283. The summed E-state index contributed by atoms with van der Waals surface area (Å²) in [5.41, 5.74) is 1.48. The Morgan fingerprint density at radius 1 is 1.45 bits per heavy atom. The summed E-state index contributed by atoms with van der Waals surface area (Å²) in [6.45, 7) is 2.22. The van der Waals surface area contributed by atoms with Gasteiger partial charge in [-0.1, -0.05) is 12.1 Å². The average Bonchev–Trinajstić information content (AvgIpc) is 2.90. The van der Waals surface area contributed by atoms with Gasteiger partial charge in [0.25, 0.3) is 0 Å². The van der Waals surface area contributed by atoms with E-state index in [2.05, 4.69) is 15.0 Å².